The van der Waals surface area contributed by atoms with E-state index in [1.54, 1.807) is 18.2 Å². The Balaban J connectivity index is 1.87. The lowest BCUT2D eigenvalue weighted by atomic mass is 10.0. The van der Waals surface area contributed by atoms with Crippen LogP contribution in [0.2, 0.25) is 0 Å². The van der Waals surface area contributed by atoms with Crippen molar-refractivity contribution in [2.45, 2.75) is 11.8 Å². The molecule has 2 nitrogen and oxygen atoms in total. The first kappa shape index (κ1) is 14.7. The number of ether oxygens (including phenoxy) is 2. The first-order valence-electron chi connectivity index (χ1n) is 6.61. The summed E-state index contributed by atoms with van der Waals surface area (Å²) >= 11 is 9.96. The van der Waals surface area contributed by atoms with E-state index in [0.717, 1.165) is 10.0 Å². The molecular weight excluding hydrogens is 359 g/mol. The van der Waals surface area contributed by atoms with E-state index in [-0.39, 0.29) is 11.2 Å². The van der Waals surface area contributed by atoms with Crippen LogP contribution in [0.4, 0.5) is 4.39 Å². The van der Waals surface area contributed by atoms with Crippen LogP contribution in [0, 0.1) is 5.82 Å². The number of rotatable bonds is 3. The average molecular weight is 372 g/mol. The van der Waals surface area contributed by atoms with Gasteiger partial charge in [-0.05, 0) is 35.7 Å². The Hall–Kier alpha value is -1.26. The van der Waals surface area contributed by atoms with E-state index in [4.69, 9.17) is 21.1 Å². The smallest absolute Gasteiger partial charge is 0.162 e. The molecular formula is C16H13BrClFO2. The summed E-state index contributed by atoms with van der Waals surface area (Å²) in [6.45, 7) is 1.06. The molecule has 0 saturated carbocycles. The Kier molecular flexibility index (Phi) is 4.36. The van der Waals surface area contributed by atoms with Gasteiger partial charge in [-0.2, -0.15) is 0 Å². The van der Waals surface area contributed by atoms with Crippen molar-refractivity contribution in [1.29, 1.82) is 0 Å². The molecule has 0 radical (unpaired) electrons. The molecule has 2 aromatic rings. The summed E-state index contributed by atoms with van der Waals surface area (Å²) in [6.07, 6.45) is 0.409. The normalized spacial score (nSPS) is 14.8. The van der Waals surface area contributed by atoms with Crippen LogP contribution in [0.5, 0.6) is 11.5 Å². The molecule has 1 unspecified atom stereocenters. The fraction of sp³-hybridized carbons (Fsp3) is 0.250. The number of hydrogen-bond acceptors (Lipinski definition) is 2. The Morgan fingerprint density at radius 2 is 1.81 bits per heavy atom. The van der Waals surface area contributed by atoms with Gasteiger partial charge in [-0.15, -0.1) is 11.6 Å². The van der Waals surface area contributed by atoms with Crippen LogP contribution in [-0.4, -0.2) is 13.2 Å². The van der Waals surface area contributed by atoms with E-state index in [1.165, 1.54) is 6.07 Å². The quantitative estimate of drug-likeness (QED) is 0.716. The number of alkyl halides is 1. The molecule has 2 aromatic carbocycles. The molecule has 5 heteroatoms. The molecule has 0 bridgehead atoms. The molecule has 0 aliphatic carbocycles. The predicted molar refractivity (Wildman–Crippen MR) is 83.8 cm³/mol. The van der Waals surface area contributed by atoms with E-state index in [9.17, 15) is 4.39 Å². The van der Waals surface area contributed by atoms with E-state index in [0.29, 0.717) is 36.7 Å². The van der Waals surface area contributed by atoms with Crippen LogP contribution in [-0.2, 0) is 6.42 Å². The van der Waals surface area contributed by atoms with Crippen molar-refractivity contribution in [2.75, 3.05) is 13.2 Å². The van der Waals surface area contributed by atoms with Gasteiger partial charge >= 0.3 is 0 Å². The molecule has 1 aliphatic rings. The molecule has 0 aromatic heterocycles. The maximum absolute atomic E-state index is 13.7. The van der Waals surface area contributed by atoms with Gasteiger partial charge in [0.1, 0.15) is 19.0 Å². The van der Waals surface area contributed by atoms with E-state index < -0.39 is 0 Å². The van der Waals surface area contributed by atoms with Crippen LogP contribution in [0.25, 0.3) is 0 Å². The summed E-state index contributed by atoms with van der Waals surface area (Å²) < 4.78 is 25.6. The van der Waals surface area contributed by atoms with E-state index in [1.807, 2.05) is 12.1 Å². The summed E-state index contributed by atoms with van der Waals surface area (Å²) in [6, 6.07) is 10.4. The van der Waals surface area contributed by atoms with Crippen LogP contribution < -0.4 is 9.47 Å². The molecule has 0 saturated heterocycles. The van der Waals surface area contributed by atoms with Gasteiger partial charge in [-0.25, -0.2) is 4.39 Å². The van der Waals surface area contributed by atoms with Crippen molar-refractivity contribution >= 4 is 27.5 Å². The van der Waals surface area contributed by atoms with Gasteiger partial charge < -0.3 is 9.47 Å². The highest BCUT2D eigenvalue weighted by Gasteiger charge is 2.20. The number of halogens is 3. The Morgan fingerprint density at radius 1 is 1.14 bits per heavy atom. The standard InChI is InChI=1S/C16H13BrClFO2/c17-12-9-16-15(20-5-6-21-16)8-11(12)13(18)7-10-3-1-2-4-14(10)19/h1-4,8-9,13H,5-7H2. The SMILES string of the molecule is Fc1ccccc1CC(Cl)c1cc2c(cc1Br)OCCO2. The van der Waals surface area contributed by atoms with Gasteiger partial charge in [-0.3, -0.25) is 0 Å². The van der Waals surface area contributed by atoms with Gasteiger partial charge in [0, 0.05) is 4.47 Å². The fourth-order valence-electron chi connectivity index (χ4n) is 2.29. The van der Waals surface area contributed by atoms with Crippen LogP contribution in [0.15, 0.2) is 40.9 Å². The maximum atomic E-state index is 13.7. The molecule has 1 aliphatic heterocycles. The first-order valence-corrected chi connectivity index (χ1v) is 7.84. The second kappa shape index (κ2) is 6.24. The summed E-state index contributed by atoms with van der Waals surface area (Å²) in [5.74, 6) is 1.14. The van der Waals surface area contributed by atoms with E-state index >= 15 is 0 Å². The average Bonchev–Trinajstić information content (AvgIpc) is 2.49. The Labute approximate surface area is 136 Å². The van der Waals surface area contributed by atoms with Crippen molar-refractivity contribution in [3.05, 3.63) is 57.8 Å². The Morgan fingerprint density at radius 3 is 2.52 bits per heavy atom. The van der Waals surface area contributed by atoms with Crippen molar-refractivity contribution in [3.8, 4) is 11.5 Å². The largest absolute Gasteiger partial charge is 0.486 e. The van der Waals surface area contributed by atoms with E-state index in [2.05, 4.69) is 15.9 Å². The lowest BCUT2D eigenvalue weighted by Gasteiger charge is -2.21. The minimum Gasteiger partial charge on any atom is -0.486 e. The third-order valence-electron chi connectivity index (χ3n) is 3.36. The van der Waals surface area contributed by atoms with Crippen LogP contribution >= 0.6 is 27.5 Å². The zero-order valence-electron chi connectivity index (χ0n) is 11.1. The highest BCUT2D eigenvalue weighted by atomic mass is 79.9. The molecule has 3 rings (SSSR count). The molecule has 0 amide bonds. The molecule has 0 spiro atoms. The highest BCUT2D eigenvalue weighted by Crippen LogP contribution is 2.40. The van der Waals surface area contributed by atoms with Crippen LogP contribution in [0.3, 0.4) is 0 Å². The van der Waals surface area contributed by atoms with Gasteiger partial charge in [0.25, 0.3) is 0 Å². The van der Waals surface area contributed by atoms with Gasteiger partial charge in [0.05, 0.1) is 5.38 Å². The first-order chi connectivity index (χ1) is 10.1. The third kappa shape index (κ3) is 3.16. The van der Waals surface area contributed by atoms with Crippen molar-refractivity contribution in [1.82, 2.24) is 0 Å². The number of hydrogen-bond donors (Lipinski definition) is 0. The molecule has 110 valence electrons. The lowest BCUT2D eigenvalue weighted by Crippen LogP contribution is -2.15. The summed E-state index contributed by atoms with van der Waals surface area (Å²) in [5, 5.41) is -0.355. The van der Waals surface area contributed by atoms with Crippen molar-refractivity contribution in [3.63, 3.8) is 0 Å². The second-order valence-corrected chi connectivity index (χ2v) is 6.16. The zero-order valence-corrected chi connectivity index (χ0v) is 13.5. The van der Waals surface area contributed by atoms with Crippen molar-refractivity contribution < 1.29 is 13.9 Å². The van der Waals surface area contributed by atoms with Crippen LogP contribution in [0.1, 0.15) is 16.5 Å². The molecule has 1 atom stereocenters. The molecule has 0 fully saturated rings. The Bertz CT molecular complexity index is 663. The summed E-state index contributed by atoms with van der Waals surface area (Å²) in [5.41, 5.74) is 1.46. The fourth-order valence-corrected chi connectivity index (χ4v) is 3.36. The van der Waals surface area contributed by atoms with Crippen molar-refractivity contribution in [2.24, 2.45) is 0 Å². The number of benzene rings is 2. The third-order valence-corrected chi connectivity index (χ3v) is 4.43. The minimum atomic E-state index is -0.355. The predicted octanol–water partition coefficient (Wildman–Crippen LogP) is 4.88. The topological polar surface area (TPSA) is 18.5 Å². The summed E-state index contributed by atoms with van der Waals surface area (Å²) in [7, 11) is 0. The van der Waals surface area contributed by atoms with Gasteiger partial charge in [0.15, 0.2) is 11.5 Å². The monoisotopic (exact) mass is 370 g/mol. The lowest BCUT2D eigenvalue weighted by molar-refractivity contribution is 0.171. The highest BCUT2D eigenvalue weighted by molar-refractivity contribution is 9.10. The van der Waals surface area contributed by atoms with Gasteiger partial charge in [-0.1, -0.05) is 34.1 Å². The molecule has 1 heterocycles. The zero-order chi connectivity index (χ0) is 14.8. The van der Waals surface area contributed by atoms with Gasteiger partial charge in [0.2, 0.25) is 0 Å². The molecule has 21 heavy (non-hydrogen) atoms. The maximum Gasteiger partial charge on any atom is 0.162 e. The minimum absolute atomic E-state index is 0.239. The number of fused-ring (bicyclic) bond motifs is 1. The second-order valence-electron chi connectivity index (χ2n) is 4.78. The summed E-state index contributed by atoms with van der Waals surface area (Å²) in [4.78, 5) is 0. The molecule has 0 N–H and O–H groups in total.